The van der Waals surface area contributed by atoms with Gasteiger partial charge in [-0.05, 0) is 0 Å². The summed E-state index contributed by atoms with van der Waals surface area (Å²) in [5, 5.41) is 42.4. The van der Waals surface area contributed by atoms with E-state index in [9.17, 15) is 15.0 Å². The molecule has 0 bridgehead atoms. The number of halogens is 6. The molecule has 0 aromatic carbocycles. The molecule has 0 radical (unpaired) electrons. The number of hydrogen-bond acceptors (Lipinski definition) is 7. The third kappa shape index (κ3) is 8.12. The van der Waals surface area contributed by atoms with Crippen LogP contribution in [0.25, 0.3) is 0 Å². The Kier molecular flexibility index (Phi) is 14.3. The van der Waals surface area contributed by atoms with Gasteiger partial charge in [-0.15, -0.1) is 69.6 Å². The molecule has 0 amide bonds. The number of ether oxygens (including phenoxy) is 1. The molecule has 13 heteroatoms. The lowest BCUT2D eigenvalue weighted by atomic mass is 9.97. The first-order valence-electron chi connectivity index (χ1n) is 7.87. The molecule has 0 heterocycles. The fourth-order valence-electron chi connectivity index (χ4n) is 2.04. The minimum absolute atomic E-state index is 0.437. The Balaban J connectivity index is 0.000000540. The van der Waals surface area contributed by atoms with Crippen molar-refractivity contribution in [2.24, 2.45) is 0 Å². The molecule has 0 unspecified atom stereocenters. The van der Waals surface area contributed by atoms with Crippen LogP contribution in [-0.2, 0) is 9.53 Å². The third-order valence-electron chi connectivity index (χ3n) is 3.73. The molecule has 4 atom stereocenters. The smallest absolute Gasteiger partial charge is 0.330 e. The maximum absolute atomic E-state index is 10.9. The van der Waals surface area contributed by atoms with E-state index in [1.807, 2.05) is 0 Å². The zero-order chi connectivity index (χ0) is 22.2. The van der Waals surface area contributed by atoms with Gasteiger partial charge < -0.3 is 30.3 Å². The topological polar surface area (TPSA) is 127 Å². The van der Waals surface area contributed by atoms with E-state index < -0.39 is 75.9 Å². The van der Waals surface area contributed by atoms with Gasteiger partial charge in [0.25, 0.3) is 0 Å². The van der Waals surface area contributed by atoms with Crippen molar-refractivity contribution < 1.29 is 35.1 Å². The number of esters is 1. The Morgan fingerprint density at radius 2 is 1.14 bits per heavy atom. The molecule has 1 rings (SSSR count). The van der Waals surface area contributed by atoms with Crippen LogP contribution in [0.15, 0.2) is 12.7 Å². The van der Waals surface area contributed by atoms with E-state index >= 15 is 0 Å². The lowest BCUT2D eigenvalue weighted by molar-refractivity contribution is -0.171. The van der Waals surface area contributed by atoms with E-state index in [1.54, 1.807) is 0 Å². The number of aliphatic hydroxyl groups is 5. The largest absolute Gasteiger partial charge is 0.453 e. The predicted octanol–water partition coefficient (Wildman–Crippen LogP) is 0.796. The van der Waals surface area contributed by atoms with Gasteiger partial charge in [0.1, 0.15) is 18.3 Å². The number of rotatable bonds is 7. The van der Waals surface area contributed by atoms with Gasteiger partial charge in [-0.3, -0.25) is 0 Å². The highest BCUT2D eigenvalue weighted by atomic mass is 35.5. The summed E-state index contributed by atoms with van der Waals surface area (Å²) in [5.74, 6) is -0.929. The number of hydrogen-bond donors (Lipinski definition) is 5. The molecular weight excluding hydrogens is 505 g/mol. The van der Waals surface area contributed by atoms with E-state index in [0.29, 0.717) is 0 Å². The molecule has 7 nitrogen and oxygen atoms in total. The minimum Gasteiger partial charge on any atom is -0.453 e. The van der Waals surface area contributed by atoms with Crippen molar-refractivity contribution in [2.45, 2.75) is 56.7 Å². The molecular formula is C15H22Cl6O7. The zero-order valence-electron chi connectivity index (χ0n) is 14.3. The Morgan fingerprint density at radius 1 is 0.821 bits per heavy atom. The highest BCUT2D eigenvalue weighted by molar-refractivity contribution is 6.45. The van der Waals surface area contributed by atoms with Gasteiger partial charge in [0, 0.05) is 6.08 Å². The summed E-state index contributed by atoms with van der Waals surface area (Å²) in [5.41, 5.74) is 0. The molecule has 166 valence electrons. The van der Waals surface area contributed by atoms with E-state index in [4.69, 9.17) is 84.9 Å². The van der Waals surface area contributed by atoms with Crippen LogP contribution in [0.3, 0.4) is 0 Å². The molecule has 1 aliphatic rings. The Morgan fingerprint density at radius 3 is 1.39 bits per heavy atom. The van der Waals surface area contributed by atoms with Gasteiger partial charge in [-0.2, -0.15) is 0 Å². The van der Waals surface area contributed by atoms with Crippen molar-refractivity contribution in [3.63, 3.8) is 0 Å². The quantitative estimate of drug-likeness (QED) is 0.188. The monoisotopic (exact) mass is 524 g/mol. The first-order valence-corrected chi connectivity index (χ1v) is 10.5. The maximum Gasteiger partial charge on any atom is 0.330 e. The number of carbonyl (C=O) groups is 1. The first kappa shape index (κ1) is 28.8. The maximum atomic E-state index is 10.9. The van der Waals surface area contributed by atoms with Crippen molar-refractivity contribution in [1.29, 1.82) is 0 Å². The first-order chi connectivity index (χ1) is 12.9. The summed E-state index contributed by atoms with van der Waals surface area (Å²) in [6.07, 6.45) is -5.62. The fourth-order valence-corrected chi connectivity index (χ4v) is 4.37. The van der Waals surface area contributed by atoms with Gasteiger partial charge in [0.15, 0.2) is 6.10 Å². The number of carbonyl (C=O) groups excluding carboxylic acids is 1. The van der Waals surface area contributed by atoms with Crippen LogP contribution >= 0.6 is 69.6 Å². The normalized spacial score (nSPS) is 34.2. The van der Waals surface area contributed by atoms with Crippen molar-refractivity contribution in [3.8, 4) is 0 Å². The lowest BCUT2D eigenvalue weighted by Gasteiger charge is -2.37. The molecule has 1 aliphatic carbocycles. The molecule has 1 fully saturated rings. The second kappa shape index (κ2) is 13.9. The van der Waals surface area contributed by atoms with Gasteiger partial charge in [0.05, 0.1) is 45.5 Å². The Bertz CT molecular complexity index is 429. The lowest BCUT2D eigenvalue weighted by Crippen LogP contribution is -2.52. The second-order valence-corrected chi connectivity index (χ2v) is 8.79. The van der Waals surface area contributed by atoms with Crippen LogP contribution in [0.4, 0.5) is 0 Å². The standard InChI is InChI=1S/C9H16O7.C6H6Cl6/c1-2-7(14)16-9(6(13)4-11)8(15)5(12)3-10;7-1-2(8)4(10)6(12)5(11)3(1)9/h2,5-6,8-13,15H,1,3-4H2;1-6H/t5-,6+,8+,9+;/m0./s1. The number of aliphatic hydroxyl groups excluding tert-OH is 5. The molecule has 0 spiro atoms. The van der Waals surface area contributed by atoms with Gasteiger partial charge in [-0.25, -0.2) is 4.79 Å². The molecule has 28 heavy (non-hydrogen) atoms. The molecule has 1 saturated carbocycles. The van der Waals surface area contributed by atoms with E-state index in [1.165, 1.54) is 0 Å². The minimum atomic E-state index is -1.71. The SMILES string of the molecule is C=CC(=O)O[C@@H]([C@H](O)[C@@H](O)CO)[C@H](O)CO.ClC1C(Cl)C(Cl)C(Cl)C(Cl)C1Cl. The highest BCUT2D eigenvalue weighted by Gasteiger charge is 2.46. The van der Waals surface area contributed by atoms with Crippen LogP contribution in [0.1, 0.15) is 0 Å². The molecule has 0 saturated heterocycles. The van der Waals surface area contributed by atoms with E-state index in [2.05, 4.69) is 11.3 Å². The van der Waals surface area contributed by atoms with Gasteiger partial charge >= 0.3 is 5.97 Å². The van der Waals surface area contributed by atoms with Gasteiger partial charge in [-0.1, -0.05) is 6.58 Å². The van der Waals surface area contributed by atoms with E-state index in [-0.39, 0.29) is 0 Å². The van der Waals surface area contributed by atoms with Crippen molar-refractivity contribution >= 4 is 75.6 Å². The van der Waals surface area contributed by atoms with Crippen LogP contribution in [0.2, 0.25) is 0 Å². The van der Waals surface area contributed by atoms with Crippen molar-refractivity contribution in [3.05, 3.63) is 12.7 Å². The van der Waals surface area contributed by atoms with Crippen LogP contribution < -0.4 is 0 Å². The van der Waals surface area contributed by atoms with Crippen LogP contribution in [0.5, 0.6) is 0 Å². The van der Waals surface area contributed by atoms with Gasteiger partial charge in [0.2, 0.25) is 0 Å². The summed E-state index contributed by atoms with van der Waals surface area (Å²) in [6, 6.07) is 0. The zero-order valence-corrected chi connectivity index (χ0v) is 18.8. The summed E-state index contributed by atoms with van der Waals surface area (Å²) >= 11 is 35.3. The number of alkyl halides is 6. The molecule has 0 aromatic heterocycles. The van der Waals surface area contributed by atoms with Crippen molar-refractivity contribution in [1.82, 2.24) is 0 Å². The Labute approximate surface area is 192 Å². The molecule has 0 aliphatic heterocycles. The summed E-state index contributed by atoms with van der Waals surface area (Å²) in [6.45, 7) is 1.56. The van der Waals surface area contributed by atoms with Crippen LogP contribution in [0, 0.1) is 0 Å². The summed E-state index contributed by atoms with van der Waals surface area (Å²) in [7, 11) is 0. The highest BCUT2D eigenvalue weighted by Crippen LogP contribution is 2.39. The average Bonchev–Trinajstić information content (AvgIpc) is 2.71. The fraction of sp³-hybridized carbons (Fsp3) is 0.800. The molecule has 5 N–H and O–H groups in total. The molecule has 0 aromatic rings. The van der Waals surface area contributed by atoms with Crippen LogP contribution in [-0.4, -0.2) is 101 Å². The average molecular weight is 527 g/mol. The van der Waals surface area contributed by atoms with E-state index in [0.717, 1.165) is 6.08 Å². The summed E-state index contributed by atoms with van der Waals surface area (Å²) in [4.78, 5) is 10.9. The Hall–Kier alpha value is 0.750. The summed E-state index contributed by atoms with van der Waals surface area (Å²) < 4.78 is 4.55. The second-order valence-electron chi connectivity index (χ2n) is 5.76. The van der Waals surface area contributed by atoms with Crippen molar-refractivity contribution in [2.75, 3.05) is 13.2 Å². The predicted molar refractivity (Wildman–Crippen MR) is 110 cm³/mol. The third-order valence-corrected chi connectivity index (χ3v) is 7.76.